The smallest absolute Gasteiger partial charge is 0.239 e. The number of rotatable bonds is 6. The van der Waals surface area contributed by atoms with E-state index in [4.69, 9.17) is 5.73 Å². The molecule has 5 heteroatoms. The summed E-state index contributed by atoms with van der Waals surface area (Å²) in [5.74, 6) is -0.0875. The van der Waals surface area contributed by atoms with Gasteiger partial charge in [-0.15, -0.1) is 0 Å². The lowest BCUT2D eigenvalue weighted by Gasteiger charge is -2.40. The van der Waals surface area contributed by atoms with Crippen LogP contribution in [0.4, 0.5) is 0 Å². The molecule has 5 nitrogen and oxygen atoms in total. The third kappa shape index (κ3) is 5.30. The highest BCUT2D eigenvalue weighted by molar-refractivity contribution is 5.84. The molecule has 0 aliphatic carbocycles. The largest absolute Gasteiger partial charge is 0.354 e. The van der Waals surface area contributed by atoms with Crippen LogP contribution in [-0.4, -0.2) is 61.0 Å². The van der Waals surface area contributed by atoms with E-state index < -0.39 is 5.54 Å². The van der Waals surface area contributed by atoms with Gasteiger partial charge in [-0.05, 0) is 32.9 Å². The van der Waals surface area contributed by atoms with E-state index in [0.29, 0.717) is 12.6 Å². The summed E-state index contributed by atoms with van der Waals surface area (Å²) < 4.78 is 0. The summed E-state index contributed by atoms with van der Waals surface area (Å²) in [5, 5.41) is 2.92. The molecule has 1 saturated heterocycles. The summed E-state index contributed by atoms with van der Waals surface area (Å²) in [5.41, 5.74) is 6.35. The Bertz CT molecular complexity index is 497. The van der Waals surface area contributed by atoms with Crippen molar-refractivity contribution < 1.29 is 4.79 Å². The lowest BCUT2D eigenvalue weighted by Crippen LogP contribution is -2.50. The topological polar surface area (TPSA) is 61.6 Å². The van der Waals surface area contributed by atoms with Crippen LogP contribution in [0.2, 0.25) is 0 Å². The molecule has 1 aromatic rings. The first-order valence-electron chi connectivity index (χ1n) is 8.42. The van der Waals surface area contributed by atoms with E-state index in [1.165, 1.54) is 5.56 Å². The van der Waals surface area contributed by atoms with Crippen LogP contribution in [0.1, 0.15) is 31.9 Å². The summed E-state index contributed by atoms with van der Waals surface area (Å²) >= 11 is 0. The number of piperazine rings is 1. The molecule has 0 bridgehead atoms. The predicted molar refractivity (Wildman–Crippen MR) is 94.1 cm³/mol. The van der Waals surface area contributed by atoms with Crippen molar-refractivity contribution in [3.8, 4) is 0 Å². The zero-order chi connectivity index (χ0) is 16.9. The zero-order valence-corrected chi connectivity index (χ0v) is 14.6. The number of hydrogen-bond donors (Lipinski definition) is 2. The van der Waals surface area contributed by atoms with Gasteiger partial charge in [-0.25, -0.2) is 0 Å². The number of carbonyl (C=O) groups is 1. The second-order valence-electron chi connectivity index (χ2n) is 7.06. The van der Waals surface area contributed by atoms with Crippen molar-refractivity contribution in [2.24, 2.45) is 5.73 Å². The second-order valence-corrected chi connectivity index (χ2v) is 7.06. The number of nitrogens with one attached hydrogen (secondary N) is 1. The molecule has 3 N–H and O–H groups in total. The van der Waals surface area contributed by atoms with Crippen LogP contribution in [0.25, 0.3) is 0 Å². The number of nitrogens with zero attached hydrogens (tertiary/aromatic N) is 2. The van der Waals surface area contributed by atoms with E-state index in [0.717, 1.165) is 32.6 Å². The van der Waals surface area contributed by atoms with Gasteiger partial charge in [0.15, 0.2) is 0 Å². The molecule has 2 rings (SSSR count). The van der Waals surface area contributed by atoms with Crippen LogP contribution >= 0.6 is 0 Å². The van der Waals surface area contributed by atoms with Gasteiger partial charge >= 0.3 is 0 Å². The van der Waals surface area contributed by atoms with Gasteiger partial charge in [-0.1, -0.05) is 30.3 Å². The minimum Gasteiger partial charge on any atom is -0.354 e. The SMILES string of the molecule is CN1CCN(CCCNC(=O)C(C)(C)N)C(c2ccccc2)C1. The van der Waals surface area contributed by atoms with Crippen molar-refractivity contribution in [3.05, 3.63) is 35.9 Å². The molecule has 1 aliphatic rings. The summed E-state index contributed by atoms with van der Waals surface area (Å²) in [7, 11) is 2.18. The Labute approximate surface area is 139 Å². The van der Waals surface area contributed by atoms with E-state index >= 15 is 0 Å². The van der Waals surface area contributed by atoms with Gasteiger partial charge in [0.25, 0.3) is 0 Å². The number of benzene rings is 1. The minimum atomic E-state index is -0.805. The lowest BCUT2D eigenvalue weighted by atomic mass is 10.0. The Kier molecular flexibility index (Phi) is 6.16. The normalized spacial score (nSPS) is 20.4. The molecule has 0 saturated carbocycles. The summed E-state index contributed by atoms with van der Waals surface area (Å²) in [4.78, 5) is 16.7. The van der Waals surface area contributed by atoms with Crippen LogP contribution in [0, 0.1) is 0 Å². The molecule has 0 radical (unpaired) electrons. The van der Waals surface area contributed by atoms with Gasteiger partial charge in [0.05, 0.1) is 5.54 Å². The Morgan fingerprint density at radius 1 is 1.30 bits per heavy atom. The molecule has 1 fully saturated rings. The Morgan fingerprint density at radius 3 is 2.65 bits per heavy atom. The van der Waals surface area contributed by atoms with Crippen molar-refractivity contribution in [2.45, 2.75) is 31.8 Å². The maximum atomic E-state index is 11.8. The first kappa shape index (κ1) is 17.9. The molecule has 1 atom stereocenters. The van der Waals surface area contributed by atoms with Crippen LogP contribution in [-0.2, 0) is 4.79 Å². The fraction of sp³-hybridized carbons (Fsp3) is 0.611. The second kappa shape index (κ2) is 7.90. The molecule has 128 valence electrons. The van der Waals surface area contributed by atoms with E-state index in [1.807, 2.05) is 0 Å². The Morgan fingerprint density at radius 2 is 2.00 bits per heavy atom. The maximum absolute atomic E-state index is 11.8. The van der Waals surface area contributed by atoms with E-state index in [2.05, 4.69) is 52.5 Å². The van der Waals surface area contributed by atoms with Gasteiger partial charge < -0.3 is 16.0 Å². The molecule has 1 unspecified atom stereocenters. The maximum Gasteiger partial charge on any atom is 0.239 e. The number of amides is 1. The molecule has 0 spiro atoms. The van der Waals surface area contributed by atoms with E-state index in [9.17, 15) is 4.79 Å². The van der Waals surface area contributed by atoms with Crippen LogP contribution in [0.5, 0.6) is 0 Å². The summed E-state index contributed by atoms with van der Waals surface area (Å²) in [6.45, 7) is 8.32. The fourth-order valence-electron chi connectivity index (χ4n) is 2.93. The molecule has 1 aliphatic heterocycles. The third-order valence-corrected chi connectivity index (χ3v) is 4.37. The average Bonchev–Trinajstić information content (AvgIpc) is 2.52. The standard InChI is InChI=1S/C18H30N4O/c1-18(2,19)17(23)20-10-7-11-22-13-12-21(3)14-16(22)15-8-5-4-6-9-15/h4-6,8-9,16H,7,10-14,19H2,1-3H3,(H,20,23). The number of hydrogen-bond acceptors (Lipinski definition) is 4. The summed E-state index contributed by atoms with van der Waals surface area (Å²) in [6.07, 6.45) is 0.939. The van der Waals surface area contributed by atoms with Crippen molar-refractivity contribution >= 4 is 5.91 Å². The van der Waals surface area contributed by atoms with Gasteiger partial charge in [0.2, 0.25) is 5.91 Å². The molecular formula is C18H30N4O. The average molecular weight is 318 g/mol. The van der Waals surface area contributed by atoms with Crippen molar-refractivity contribution in [3.63, 3.8) is 0 Å². The minimum absolute atomic E-state index is 0.0875. The van der Waals surface area contributed by atoms with E-state index in [-0.39, 0.29) is 5.91 Å². The molecule has 1 aromatic carbocycles. The monoisotopic (exact) mass is 318 g/mol. The summed E-state index contributed by atoms with van der Waals surface area (Å²) in [6, 6.07) is 11.1. The highest BCUT2D eigenvalue weighted by Gasteiger charge is 2.26. The fourth-order valence-corrected chi connectivity index (χ4v) is 2.93. The number of likely N-dealkylation sites (N-methyl/N-ethyl adjacent to an activating group) is 1. The zero-order valence-electron chi connectivity index (χ0n) is 14.6. The number of nitrogens with two attached hydrogens (primary N) is 1. The first-order valence-corrected chi connectivity index (χ1v) is 8.42. The van der Waals surface area contributed by atoms with Gasteiger partial charge in [0, 0.05) is 38.8 Å². The van der Waals surface area contributed by atoms with Crippen molar-refractivity contribution in [1.29, 1.82) is 0 Å². The molecule has 1 amide bonds. The highest BCUT2D eigenvalue weighted by atomic mass is 16.2. The van der Waals surface area contributed by atoms with Gasteiger partial charge in [-0.3, -0.25) is 9.69 Å². The van der Waals surface area contributed by atoms with Crippen molar-refractivity contribution in [1.82, 2.24) is 15.1 Å². The molecule has 0 aromatic heterocycles. The van der Waals surface area contributed by atoms with Crippen molar-refractivity contribution in [2.75, 3.05) is 39.8 Å². The van der Waals surface area contributed by atoms with Gasteiger partial charge in [-0.2, -0.15) is 0 Å². The molecular weight excluding hydrogens is 288 g/mol. The quantitative estimate of drug-likeness (QED) is 0.774. The highest BCUT2D eigenvalue weighted by Crippen LogP contribution is 2.24. The van der Waals surface area contributed by atoms with Gasteiger partial charge in [0.1, 0.15) is 0 Å². The molecule has 23 heavy (non-hydrogen) atoms. The van der Waals surface area contributed by atoms with Crippen LogP contribution in [0.3, 0.4) is 0 Å². The number of carbonyl (C=O) groups excluding carboxylic acids is 1. The first-order chi connectivity index (χ1) is 10.9. The third-order valence-electron chi connectivity index (χ3n) is 4.37. The van der Waals surface area contributed by atoms with E-state index in [1.54, 1.807) is 13.8 Å². The van der Waals surface area contributed by atoms with Crippen LogP contribution in [0.15, 0.2) is 30.3 Å². The lowest BCUT2D eigenvalue weighted by molar-refractivity contribution is -0.125. The Balaban J connectivity index is 1.86. The molecule has 1 heterocycles. The predicted octanol–water partition coefficient (Wildman–Crippen LogP) is 1.22. The Hall–Kier alpha value is -1.43. The van der Waals surface area contributed by atoms with Crippen LogP contribution < -0.4 is 11.1 Å².